The molecule has 78 valence electrons. The first-order valence-electron chi connectivity index (χ1n) is 5.82. The first kappa shape index (κ1) is 9.63. The van der Waals surface area contributed by atoms with Gasteiger partial charge in [0.2, 0.25) is 0 Å². The molecule has 1 fully saturated rings. The molecule has 0 radical (unpaired) electrons. The van der Waals surface area contributed by atoms with Gasteiger partial charge in [-0.1, -0.05) is 18.9 Å². The number of hydrogen-bond donors (Lipinski definition) is 1. The Labute approximate surface area is 86.7 Å². The molecule has 2 aliphatic heterocycles. The van der Waals surface area contributed by atoms with Crippen LogP contribution in [-0.4, -0.2) is 24.5 Å². The van der Waals surface area contributed by atoms with Crippen molar-refractivity contribution < 1.29 is 0 Å². The molecule has 1 saturated heterocycles. The van der Waals surface area contributed by atoms with Gasteiger partial charge in [0.15, 0.2) is 0 Å². The highest BCUT2D eigenvalue weighted by Gasteiger charge is 2.10. The van der Waals surface area contributed by atoms with Gasteiger partial charge < -0.3 is 10.2 Å². The summed E-state index contributed by atoms with van der Waals surface area (Å²) in [6, 6.07) is 0. The second kappa shape index (κ2) is 5.08. The third kappa shape index (κ3) is 2.53. The van der Waals surface area contributed by atoms with Crippen molar-refractivity contribution in [2.75, 3.05) is 19.6 Å². The van der Waals surface area contributed by atoms with Gasteiger partial charge in [-0.25, -0.2) is 0 Å². The Morgan fingerprint density at radius 2 is 1.86 bits per heavy atom. The second-order valence-corrected chi connectivity index (χ2v) is 4.11. The van der Waals surface area contributed by atoms with E-state index < -0.39 is 0 Å². The fourth-order valence-corrected chi connectivity index (χ4v) is 2.16. The zero-order valence-corrected chi connectivity index (χ0v) is 8.84. The van der Waals surface area contributed by atoms with E-state index in [4.69, 9.17) is 0 Å². The molecule has 0 aromatic rings. The molecule has 0 amide bonds. The Kier molecular flexibility index (Phi) is 3.50. The predicted octanol–water partition coefficient (Wildman–Crippen LogP) is 2.25. The number of nitrogens with zero attached hydrogens (tertiary/aromatic N) is 1. The zero-order chi connectivity index (χ0) is 9.64. The van der Waals surface area contributed by atoms with Gasteiger partial charge in [-0.2, -0.15) is 0 Å². The highest BCUT2D eigenvalue weighted by atomic mass is 15.1. The van der Waals surface area contributed by atoms with Crippen LogP contribution in [0.3, 0.4) is 0 Å². The van der Waals surface area contributed by atoms with Crippen LogP contribution in [0.2, 0.25) is 0 Å². The smallest absolute Gasteiger partial charge is 0.0340 e. The van der Waals surface area contributed by atoms with E-state index >= 15 is 0 Å². The van der Waals surface area contributed by atoms with E-state index in [2.05, 4.69) is 28.6 Å². The van der Waals surface area contributed by atoms with Gasteiger partial charge in [-0.15, -0.1) is 0 Å². The molecule has 1 N–H and O–H groups in total. The number of allylic oxidation sites excluding steroid dienone is 1. The lowest BCUT2D eigenvalue weighted by Crippen LogP contribution is -2.22. The van der Waals surface area contributed by atoms with Gasteiger partial charge in [-0.3, -0.25) is 0 Å². The summed E-state index contributed by atoms with van der Waals surface area (Å²) >= 11 is 0. The van der Waals surface area contributed by atoms with E-state index in [-0.39, 0.29) is 0 Å². The Balaban J connectivity index is 1.99. The maximum atomic E-state index is 3.27. The minimum absolute atomic E-state index is 1.08. The van der Waals surface area contributed by atoms with Crippen molar-refractivity contribution in [3.8, 4) is 0 Å². The lowest BCUT2D eigenvalue weighted by Gasteiger charge is -2.23. The zero-order valence-electron chi connectivity index (χ0n) is 8.84. The minimum atomic E-state index is 1.08. The summed E-state index contributed by atoms with van der Waals surface area (Å²) in [5.41, 5.74) is 1.43. The summed E-state index contributed by atoms with van der Waals surface area (Å²) in [5, 5.41) is 3.27. The Morgan fingerprint density at radius 1 is 1.07 bits per heavy atom. The molecular formula is C12H20N2. The molecule has 0 atom stereocenters. The molecule has 2 nitrogen and oxygen atoms in total. The number of hydrogen-bond acceptors (Lipinski definition) is 2. The molecule has 0 saturated carbocycles. The lowest BCUT2D eigenvalue weighted by molar-refractivity contribution is 0.368. The maximum Gasteiger partial charge on any atom is 0.0340 e. The van der Waals surface area contributed by atoms with Crippen LogP contribution < -0.4 is 5.32 Å². The van der Waals surface area contributed by atoms with Gasteiger partial charge in [0.05, 0.1) is 0 Å². The highest BCUT2D eigenvalue weighted by molar-refractivity contribution is 5.19. The van der Waals surface area contributed by atoms with E-state index in [9.17, 15) is 0 Å². The van der Waals surface area contributed by atoms with E-state index in [1.54, 1.807) is 0 Å². The van der Waals surface area contributed by atoms with Crippen LogP contribution in [0.4, 0.5) is 0 Å². The summed E-state index contributed by atoms with van der Waals surface area (Å²) in [6.07, 6.45) is 13.4. The van der Waals surface area contributed by atoms with Crippen LogP contribution in [0.1, 0.15) is 32.1 Å². The predicted molar refractivity (Wildman–Crippen MR) is 59.9 cm³/mol. The quantitative estimate of drug-likeness (QED) is 0.685. The summed E-state index contributed by atoms with van der Waals surface area (Å²) in [4.78, 5) is 2.54. The molecule has 0 spiro atoms. The summed E-state index contributed by atoms with van der Waals surface area (Å²) in [7, 11) is 0. The van der Waals surface area contributed by atoms with Crippen LogP contribution in [0.5, 0.6) is 0 Å². The minimum Gasteiger partial charge on any atom is -0.391 e. The van der Waals surface area contributed by atoms with E-state index in [0.29, 0.717) is 0 Å². The molecule has 2 heteroatoms. The van der Waals surface area contributed by atoms with E-state index in [1.165, 1.54) is 44.5 Å². The molecule has 2 aliphatic rings. The van der Waals surface area contributed by atoms with Crippen LogP contribution in [0, 0.1) is 0 Å². The van der Waals surface area contributed by atoms with E-state index in [0.717, 1.165) is 13.0 Å². The average molecular weight is 192 g/mol. The summed E-state index contributed by atoms with van der Waals surface area (Å²) < 4.78 is 0. The monoisotopic (exact) mass is 192 g/mol. The first-order valence-corrected chi connectivity index (χ1v) is 5.82. The SMILES string of the molecule is C1=CC(N2CCCCCC2)=CCCN1. The molecule has 0 unspecified atom stereocenters. The first-order chi connectivity index (χ1) is 6.97. The van der Waals surface area contributed by atoms with Crippen molar-refractivity contribution >= 4 is 0 Å². The van der Waals surface area contributed by atoms with Gasteiger partial charge in [0, 0.05) is 25.3 Å². The van der Waals surface area contributed by atoms with Crippen molar-refractivity contribution in [1.29, 1.82) is 0 Å². The van der Waals surface area contributed by atoms with Crippen molar-refractivity contribution in [2.45, 2.75) is 32.1 Å². The van der Waals surface area contributed by atoms with Crippen LogP contribution in [-0.2, 0) is 0 Å². The van der Waals surface area contributed by atoms with Crippen molar-refractivity contribution in [2.24, 2.45) is 0 Å². The second-order valence-electron chi connectivity index (χ2n) is 4.11. The molecular weight excluding hydrogens is 172 g/mol. The topological polar surface area (TPSA) is 15.3 Å². The maximum absolute atomic E-state index is 3.27. The van der Waals surface area contributed by atoms with Gasteiger partial charge in [0.25, 0.3) is 0 Å². The molecule has 0 aliphatic carbocycles. The standard InChI is InChI=1S/C12H20N2/c1-2-4-11-14(10-3-1)12-6-5-8-13-9-7-12/h6-7,9,13H,1-5,8,10-11H2. The summed E-state index contributed by atoms with van der Waals surface area (Å²) in [5.74, 6) is 0. The Morgan fingerprint density at radius 3 is 2.64 bits per heavy atom. The molecule has 2 heterocycles. The van der Waals surface area contributed by atoms with Crippen LogP contribution >= 0.6 is 0 Å². The van der Waals surface area contributed by atoms with Gasteiger partial charge in [-0.05, 0) is 31.5 Å². The Hall–Kier alpha value is -0.920. The average Bonchev–Trinajstić information content (AvgIpc) is 2.62. The van der Waals surface area contributed by atoms with Crippen molar-refractivity contribution in [3.05, 3.63) is 24.0 Å². The molecule has 14 heavy (non-hydrogen) atoms. The van der Waals surface area contributed by atoms with Gasteiger partial charge >= 0.3 is 0 Å². The van der Waals surface area contributed by atoms with Crippen molar-refractivity contribution in [1.82, 2.24) is 10.2 Å². The third-order valence-electron chi connectivity index (χ3n) is 2.99. The highest BCUT2D eigenvalue weighted by Crippen LogP contribution is 2.16. The largest absolute Gasteiger partial charge is 0.391 e. The van der Waals surface area contributed by atoms with Crippen LogP contribution in [0.25, 0.3) is 0 Å². The number of likely N-dealkylation sites (tertiary alicyclic amines) is 1. The van der Waals surface area contributed by atoms with E-state index in [1.807, 2.05) is 0 Å². The summed E-state index contributed by atoms with van der Waals surface area (Å²) in [6.45, 7) is 3.57. The number of rotatable bonds is 1. The van der Waals surface area contributed by atoms with Crippen LogP contribution in [0.15, 0.2) is 24.0 Å². The fraction of sp³-hybridized carbons (Fsp3) is 0.667. The molecule has 0 aromatic carbocycles. The third-order valence-corrected chi connectivity index (χ3v) is 2.99. The van der Waals surface area contributed by atoms with Crippen molar-refractivity contribution in [3.63, 3.8) is 0 Å². The lowest BCUT2D eigenvalue weighted by atomic mass is 10.2. The fourth-order valence-electron chi connectivity index (χ4n) is 2.16. The van der Waals surface area contributed by atoms with Gasteiger partial charge in [0.1, 0.15) is 0 Å². The Bertz CT molecular complexity index is 222. The molecule has 0 aromatic heterocycles. The number of nitrogens with one attached hydrogen (secondary N) is 1. The molecule has 0 bridgehead atoms. The molecule has 2 rings (SSSR count). The normalized spacial score (nSPS) is 23.4.